The van der Waals surface area contributed by atoms with Gasteiger partial charge < -0.3 is 9.94 Å². The Bertz CT molecular complexity index is 278. The van der Waals surface area contributed by atoms with Crippen molar-refractivity contribution in [3.05, 3.63) is 35.4 Å². The summed E-state index contributed by atoms with van der Waals surface area (Å²) in [6, 6.07) is 8.31. The maximum absolute atomic E-state index is 8.53. The lowest BCUT2D eigenvalue weighted by atomic mass is 9.97. The van der Waals surface area contributed by atoms with Crippen LogP contribution in [0.2, 0.25) is 0 Å². The molecule has 1 heterocycles. The minimum absolute atomic E-state index is 0.501. The van der Waals surface area contributed by atoms with Gasteiger partial charge in [-0.2, -0.15) is 0 Å². The summed E-state index contributed by atoms with van der Waals surface area (Å²) in [4.78, 5) is 0. The fourth-order valence-electron chi connectivity index (χ4n) is 1.80. The molecule has 0 saturated carbocycles. The van der Waals surface area contributed by atoms with Crippen LogP contribution in [0.15, 0.2) is 24.3 Å². The van der Waals surface area contributed by atoms with Crippen molar-refractivity contribution in [3.8, 4) is 0 Å². The third-order valence-corrected chi connectivity index (χ3v) is 2.66. The van der Waals surface area contributed by atoms with Crippen LogP contribution in [0.1, 0.15) is 23.5 Å². The van der Waals surface area contributed by atoms with Crippen LogP contribution in [0.5, 0.6) is 0 Å². The van der Waals surface area contributed by atoms with Crippen LogP contribution in [0.4, 0.5) is 0 Å². The van der Waals surface area contributed by atoms with Crippen molar-refractivity contribution in [1.29, 1.82) is 0 Å². The highest BCUT2D eigenvalue weighted by atomic mass is 16.5. The van der Waals surface area contributed by atoms with E-state index in [0.717, 1.165) is 25.2 Å². The van der Waals surface area contributed by atoms with E-state index in [-0.39, 0.29) is 0 Å². The van der Waals surface area contributed by atoms with Crippen molar-refractivity contribution in [3.63, 3.8) is 0 Å². The summed E-state index contributed by atoms with van der Waals surface area (Å²) >= 11 is 0. The van der Waals surface area contributed by atoms with Gasteiger partial charge in [0, 0.05) is 19.1 Å². The summed E-state index contributed by atoms with van der Waals surface area (Å²) in [5.41, 5.74) is 4.58. The smallest absolute Gasteiger partial charge is 0.0535 e. The van der Waals surface area contributed by atoms with E-state index < -0.39 is 0 Å². The Labute approximate surface area is 83.7 Å². The lowest BCUT2D eigenvalue weighted by Crippen LogP contribution is -2.06. The molecule has 0 radical (unpaired) electrons. The number of ether oxygens (including phenoxy) is 1. The summed E-state index contributed by atoms with van der Waals surface area (Å²) in [5.74, 6) is 0.561. The van der Waals surface area contributed by atoms with Crippen molar-refractivity contribution in [1.82, 2.24) is 5.48 Å². The Hall–Kier alpha value is -0.900. The molecule has 1 aromatic carbocycles. The van der Waals surface area contributed by atoms with Crippen molar-refractivity contribution in [2.45, 2.75) is 18.9 Å². The van der Waals surface area contributed by atoms with Gasteiger partial charge in [-0.05, 0) is 17.5 Å². The Morgan fingerprint density at radius 1 is 1.36 bits per heavy atom. The average molecular weight is 193 g/mol. The van der Waals surface area contributed by atoms with Crippen LogP contribution in [0.25, 0.3) is 0 Å². The molecule has 1 atom stereocenters. The molecule has 3 nitrogen and oxygen atoms in total. The van der Waals surface area contributed by atoms with Crippen molar-refractivity contribution >= 4 is 0 Å². The van der Waals surface area contributed by atoms with E-state index in [0.29, 0.717) is 12.5 Å². The molecule has 76 valence electrons. The zero-order valence-corrected chi connectivity index (χ0v) is 8.07. The van der Waals surface area contributed by atoms with Crippen molar-refractivity contribution in [2.24, 2.45) is 0 Å². The van der Waals surface area contributed by atoms with Crippen LogP contribution in [-0.4, -0.2) is 18.4 Å². The number of hydrogen-bond acceptors (Lipinski definition) is 3. The Kier molecular flexibility index (Phi) is 3.14. The third-order valence-electron chi connectivity index (χ3n) is 2.66. The Morgan fingerprint density at radius 2 is 2.14 bits per heavy atom. The molecule has 14 heavy (non-hydrogen) atoms. The lowest BCUT2D eigenvalue weighted by molar-refractivity contribution is 0.161. The minimum Gasteiger partial charge on any atom is -0.381 e. The van der Waals surface area contributed by atoms with Crippen LogP contribution >= 0.6 is 0 Å². The molecule has 1 aliphatic heterocycles. The maximum Gasteiger partial charge on any atom is 0.0535 e. The van der Waals surface area contributed by atoms with Gasteiger partial charge in [0.1, 0.15) is 0 Å². The third kappa shape index (κ3) is 2.12. The van der Waals surface area contributed by atoms with E-state index in [4.69, 9.17) is 9.94 Å². The first-order chi connectivity index (χ1) is 6.90. The molecule has 0 aliphatic carbocycles. The summed E-state index contributed by atoms with van der Waals surface area (Å²) < 4.78 is 5.34. The predicted molar refractivity (Wildman–Crippen MR) is 53.2 cm³/mol. The van der Waals surface area contributed by atoms with Gasteiger partial charge in [0.05, 0.1) is 6.61 Å². The van der Waals surface area contributed by atoms with Gasteiger partial charge in [-0.15, -0.1) is 0 Å². The number of benzene rings is 1. The summed E-state index contributed by atoms with van der Waals surface area (Å²) in [6.07, 6.45) is 1.12. The van der Waals surface area contributed by atoms with Crippen molar-refractivity contribution < 1.29 is 9.94 Å². The number of hydrogen-bond donors (Lipinski definition) is 2. The standard InChI is InChI=1S/C11H15NO2/c13-12-7-9-1-3-10(4-2-9)11-5-6-14-8-11/h1-4,11-13H,5-8H2. The zero-order valence-electron chi connectivity index (χ0n) is 8.07. The highest BCUT2D eigenvalue weighted by Gasteiger charge is 2.16. The molecule has 0 spiro atoms. The van der Waals surface area contributed by atoms with E-state index in [2.05, 4.69) is 17.6 Å². The second-order valence-corrected chi connectivity index (χ2v) is 3.64. The first-order valence-electron chi connectivity index (χ1n) is 4.93. The normalized spacial score (nSPS) is 21.4. The maximum atomic E-state index is 8.53. The molecule has 0 bridgehead atoms. The van der Waals surface area contributed by atoms with Crippen LogP contribution in [0, 0.1) is 0 Å². The molecule has 2 rings (SSSR count). The largest absolute Gasteiger partial charge is 0.381 e. The first-order valence-corrected chi connectivity index (χ1v) is 4.93. The van der Waals surface area contributed by atoms with Crippen LogP contribution < -0.4 is 5.48 Å². The van der Waals surface area contributed by atoms with Gasteiger partial charge >= 0.3 is 0 Å². The fraction of sp³-hybridized carbons (Fsp3) is 0.455. The van der Waals surface area contributed by atoms with E-state index in [1.54, 1.807) is 0 Å². The zero-order chi connectivity index (χ0) is 9.80. The lowest BCUT2D eigenvalue weighted by Gasteiger charge is -2.08. The molecule has 1 aromatic rings. The summed E-state index contributed by atoms with van der Waals surface area (Å²) in [6.45, 7) is 2.23. The van der Waals surface area contributed by atoms with Gasteiger partial charge in [0.15, 0.2) is 0 Å². The van der Waals surface area contributed by atoms with Crippen molar-refractivity contribution in [2.75, 3.05) is 13.2 Å². The van der Waals surface area contributed by atoms with E-state index in [1.165, 1.54) is 5.56 Å². The highest BCUT2D eigenvalue weighted by Crippen LogP contribution is 2.25. The van der Waals surface area contributed by atoms with Gasteiger partial charge in [0.2, 0.25) is 0 Å². The molecule has 1 unspecified atom stereocenters. The van der Waals surface area contributed by atoms with Gasteiger partial charge in [-0.25, -0.2) is 5.48 Å². The highest BCUT2D eigenvalue weighted by molar-refractivity contribution is 5.25. The van der Waals surface area contributed by atoms with Gasteiger partial charge in [-0.1, -0.05) is 24.3 Å². The van der Waals surface area contributed by atoms with Gasteiger partial charge in [-0.3, -0.25) is 0 Å². The second-order valence-electron chi connectivity index (χ2n) is 3.64. The molecule has 0 amide bonds. The first kappa shape index (κ1) is 9.65. The number of nitrogens with one attached hydrogen (secondary N) is 1. The van der Waals surface area contributed by atoms with Crippen LogP contribution in [-0.2, 0) is 11.3 Å². The van der Waals surface area contributed by atoms with E-state index >= 15 is 0 Å². The average Bonchev–Trinajstić information content (AvgIpc) is 2.72. The van der Waals surface area contributed by atoms with E-state index in [9.17, 15) is 0 Å². The molecule has 1 aliphatic rings. The number of hydroxylamine groups is 1. The molecular weight excluding hydrogens is 178 g/mol. The minimum atomic E-state index is 0.501. The molecule has 1 fully saturated rings. The summed E-state index contributed by atoms with van der Waals surface area (Å²) in [7, 11) is 0. The monoisotopic (exact) mass is 193 g/mol. The predicted octanol–water partition coefficient (Wildman–Crippen LogP) is 1.67. The van der Waals surface area contributed by atoms with E-state index in [1.807, 2.05) is 12.1 Å². The Balaban J connectivity index is 2.05. The SMILES string of the molecule is ONCc1ccc(C2CCOC2)cc1. The quantitative estimate of drug-likeness (QED) is 0.717. The molecular formula is C11H15NO2. The van der Waals surface area contributed by atoms with Gasteiger partial charge in [0.25, 0.3) is 0 Å². The second kappa shape index (κ2) is 4.55. The summed E-state index contributed by atoms with van der Waals surface area (Å²) in [5, 5.41) is 8.53. The fourth-order valence-corrected chi connectivity index (χ4v) is 1.80. The number of rotatable bonds is 3. The topological polar surface area (TPSA) is 41.5 Å². The Morgan fingerprint density at radius 3 is 2.71 bits per heavy atom. The molecule has 1 saturated heterocycles. The van der Waals surface area contributed by atoms with Crippen LogP contribution in [0.3, 0.4) is 0 Å². The molecule has 0 aromatic heterocycles. The molecule has 2 N–H and O–H groups in total. The molecule has 3 heteroatoms.